The fourth-order valence-electron chi connectivity index (χ4n) is 4.69. The number of ether oxygens (including phenoxy) is 1. The van der Waals surface area contributed by atoms with Crippen LogP contribution in [-0.4, -0.2) is 45.3 Å². The van der Waals surface area contributed by atoms with Crippen molar-refractivity contribution in [2.45, 2.75) is 43.0 Å². The van der Waals surface area contributed by atoms with Gasteiger partial charge in [-0.15, -0.1) is 0 Å². The zero-order chi connectivity index (χ0) is 20.4. The first-order chi connectivity index (χ1) is 13.9. The topological polar surface area (TPSA) is 46.6 Å². The lowest BCUT2D eigenvalue weighted by Crippen LogP contribution is -2.49. The summed E-state index contributed by atoms with van der Waals surface area (Å²) >= 11 is 0. The van der Waals surface area contributed by atoms with Gasteiger partial charge in [0.2, 0.25) is 0 Å². The van der Waals surface area contributed by atoms with Gasteiger partial charge in [-0.2, -0.15) is 0 Å². The van der Waals surface area contributed by atoms with Gasteiger partial charge in [-0.25, -0.2) is 12.8 Å². The third-order valence-corrected chi connectivity index (χ3v) is 7.27. The van der Waals surface area contributed by atoms with E-state index in [4.69, 9.17) is 4.74 Å². The Balaban J connectivity index is 1.52. The normalized spacial score (nSPS) is 22.8. The number of halogens is 1. The molecule has 0 aliphatic carbocycles. The van der Waals surface area contributed by atoms with E-state index in [-0.39, 0.29) is 10.7 Å². The summed E-state index contributed by atoms with van der Waals surface area (Å²) in [5.41, 5.74) is 1.28. The van der Waals surface area contributed by atoms with Crippen molar-refractivity contribution in [2.24, 2.45) is 5.92 Å². The second-order valence-corrected chi connectivity index (χ2v) is 10.3. The first kappa shape index (κ1) is 20.4. The molecule has 4 rings (SSSR count). The molecule has 2 aromatic carbocycles. The maximum Gasteiger partial charge on any atom is 0.175 e. The minimum atomic E-state index is -3.32. The Morgan fingerprint density at radius 1 is 1.03 bits per heavy atom. The van der Waals surface area contributed by atoms with Crippen molar-refractivity contribution in [3.05, 3.63) is 48.3 Å². The van der Waals surface area contributed by atoms with Crippen LogP contribution in [0.15, 0.2) is 47.4 Å². The predicted molar refractivity (Wildman–Crippen MR) is 112 cm³/mol. The maximum absolute atomic E-state index is 14.3. The van der Waals surface area contributed by atoms with Crippen LogP contribution in [0.25, 0.3) is 11.1 Å². The molecular formula is C23H28FNO3S. The Hall–Kier alpha value is -1.92. The molecule has 0 bridgehead atoms. The molecule has 0 aromatic heterocycles. The lowest BCUT2D eigenvalue weighted by Gasteiger charge is -2.44. The van der Waals surface area contributed by atoms with Gasteiger partial charge in [-0.3, -0.25) is 4.90 Å². The van der Waals surface area contributed by atoms with Gasteiger partial charge in [-0.1, -0.05) is 18.6 Å². The monoisotopic (exact) mass is 417 g/mol. The van der Waals surface area contributed by atoms with Crippen molar-refractivity contribution in [1.82, 2.24) is 4.90 Å². The predicted octanol–water partition coefficient (Wildman–Crippen LogP) is 4.54. The van der Waals surface area contributed by atoms with E-state index >= 15 is 0 Å². The Kier molecular flexibility index (Phi) is 5.93. The van der Waals surface area contributed by atoms with Crippen molar-refractivity contribution >= 4 is 9.84 Å². The standard InChI is InChI=1S/C23H28FNO3S/c1-29(26,27)22-8-4-6-17(14-22)19-12-20(24)15-21(13-19)28-16-18-7-5-11-25-10-3-2-9-23(18)25/h4,6,8,12-15,18,23H,2-3,5,7,9-11,16H2,1H3/t18-,23+/m0/s1. The van der Waals surface area contributed by atoms with E-state index in [9.17, 15) is 12.8 Å². The van der Waals surface area contributed by atoms with Crippen molar-refractivity contribution in [3.8, 4) is 16.9 Å². The highest BCUT2D eigenvalue weighted by Gasteiger charge is 2.33. The molecule has 2 fully saturated rings. The summed E-state index contributed by atoms with van der Waals surface area (Å²) in [5, 5.41) is 0. The molecule has 2 aromatic rings. The second kappa shape index (κ2) is 8.44. The number of hydrogen-bond acceptors (Lipinski definition) is 4. The van der Waals surface area contributed by atoms with Crippen LogP contribution in [0.2, 0.25) is 0 Å². The highest BCUT2D eigenvalue weighted by atomic mass is 32.2. The van der Waals surface area contributed by atoms with Crippen LogP contribution in [0, 0.1) is 11.7 Å². The number of hydrogen-bond donors (Lipinski definition) is 0. The Bertz CT molecular complexity index is 974. The zero-order valence-corrected chi connectivity index (χ0v) is 17.6. The summed E-state index contributed by atoms with van der Waals surface area (Å²) in [6.07, 6.45) is 7.30. The average Bonchev–Trinajstić information content (AvgIpc) is 2.71. The van der Waals surface area contributed by atoms with Crippen LogP contribution < -0.4 is 4.74 Å². The van der Waals surface area contributed by atoms with Gasteiger partial charge >= 0.3 is 0 Å². The molecule has 2 saturated heterocycles. The first-order valence-corrected chi connectivity index (χ1v) is 12.3. The lowest BCUT2D eigenvalue weighted by atomic mass is 9.84. The van der Waals surface area contributed by atoms with Gasteiger partial charge in [0.05, 0.1) is 11.5 Å². The zero-order valence-electron chi connectivity index (χ0n) is 16.8. The Morgan fingerprint density at radius 2 is 1.86 bits per heavy atom. The van der Waals surface area contributed by atoms with Gasteiger partial charge in [0.15, 0.2) is 9.84 Å². The van der Waals surface area contributed by atoms with E-state index in [1.807, 2.05) is 0 Å². The first-order valence-electron chi connectivity index (χ1n) is 10.4. The van der Waals surface area contributed by atoms with Crippen molar-refractivity contribution in [3.63, 3.8) is 0 Å². The van der Waals surface area contributed by atoms with Crippen LogP contribution in [0.1, 0.15) is 32.1 Å². The molecule has 0 N–H and O–H groups in total. The molecule has 2 aliphatic heterocycles. The van der Waals surface area contributed by atoms with E-state index in [2.05, 4.69) is 4.90 Å². The minimum Gasteiger partial charge on any atom is -0.493 e. The van der Waals surface area contributed by atoms with Crippen LogP contribution in [-0.2, 0) is 9.84 Å². The number of benzene rings is 2. The Labute approximate surface area is 172 Å². The summed E-state index contributed by atoms with van der Waals surface area (Å²) in [6.45, 7) is 2.96. The third kappa shape index (κ3) is 4.81. The van der Waals surface area contributed by atoms with Crippen LogP contribution >= 0.6 is 0 Å². The van der Waals surface area contributed by atoms with Gasteiger partial charge in [0, 0.05) is 24.3 Å². The summed E-state index contributed by atoms with van der Waals surface area (Å²) in [6, 6.07) is 11.8. The van der Waals surface area contributed by atoms with E-state index in [0.717, 1.165) is 6.42 Å². The van der Waals surface area contributed by atoms with Gasteiger partial charge in [-0.05, 0) is 74.2 Å². The fourth-order valence-corrected chi connectivity index (χ4v) is 5.36. The van der Waals surface area contributed by atoms with Crippen molar-refractivity contribution in [2.75, 3.05) is 26.0 Å². The number of nitrogens with zero attached hydrogens (tertiary/aromatic N) is 1. The maximum atomic E-state index is 14.3. The van der Waals surface area contributed by atoms with E-state index in [1.165, 1.54) is 57.2 Å². The highest BCUT2D eigenvalue weighted by Crippen LogP contribution is 2.32. The van der Waals surface area contributed by atoms with E-state index < -0.39 is 9.84 Å². The van der Waals surface area contributed by atoms with Crippen molar-refractivity contribution < 1.29 is 17.5 Å². The van der Waals surface area contributed by atoms with E-state index in [0.29, 0.717) is 35.4 Å². The molecule has 4 nitrogen and oxygen atoms in total. The largest absolute Gasteiger partial charge is 0.493 e. The molecule has 0 unspecified atom stereocenters. The third-order valence-electron chi connectivity index (χ3n) is 6.16. The summed E-state index contributed by atoms with van der Waals surface area (Å²) < 4.78 is 44.0. The number of piperidine rings is 2. The molecule has 2 aliphatic rings. The van der Waals surface area contributed by atoms with E-state index in [1.54, 1.807) is 30.3 Å². The quantitative estimate of drug-likeness (QED) is 0.717. The number of fused-ring (bicyclic) bond motifs is 1. The van der Waals surface area contributed by atoms with Crippen LogP contribution in [0.5, 0.6) is 5.75 Å². The molecule has 0 spiro atoms. The Morgan fingerprint density at radius 3 is 2.69 bits per heavy atom. The number of sulfone groups is 1. The van der Waals surface area contributed by atoms with Gasteiger partial charge in [0.1, 0.15) is 11.6 Å². The molecule has 6 heteroatoms. The molecular weight excluding hydrogens is 389 g/mol. The second-order valence-electron chi connectivity index (χ2n) is 8.29. The van der Waals surface area contributed by atoms with Gasteiger partial charge in [0.25, 0.3) is 0 Å². The molecule has 156 valence electrons. The highest BCUT2D eigenvalue weighted by molar-refractivity contribution is 7.90. The fraction of sp³-hybridized carbons (Fsp3) is 0.478. The van der Waals surface area contributed by atoms with Gasteiger partial charge < -0.3 is 4.74 Å². The number of rotatable bonds is 5. The molecule has 0 saturated carbocycles. The minimum absolute atomic E-state index is 0.223. The molecule has 0 amide bonds. The molecule has 2 heterocycles. The lowest BCUT2D eigenvalue weighted by molar-refractivity contribution is 0.0365. The summed E-state index contributed by atoms with van der Waals surface area (Å²) in [4.78, 5) is 2.82. The molecule has 0 radical (unpaired) electrons. The molecule has 2 atom stereocenters. The smallest absolute Gasteiger partial charge is 0.175 e. The van der Waals surface area contributed by atoms with Crippen molar-refractivity contribution in [1.29, 1.82) is 0 Å². The summed E-state index contributed by atoms with van der Waals surface area (Å²) in [7, 11) is -3.32. The van der Waals surface area contributed by atoms with Crippen LogP contribution in [0.3, 0.4) is 0 Å². The summed E-state index contributed by atoms with van der Waals surface area (Å²) in [5.74, 6) is 0.590. The average molecular weight is 418 g/mol. The SMILES string of the molecule is CS(=O)(=O)c1cccc(-c2cc(F)cc(OC[C@@H]3CCCN4CCCC[C@H]34)c2)c1. The van der Waals surface area contributed by atoms with Crippen LogP contribution in [0.4, 0.5) is 4.39 Å². The molecule has 29 heavy (non-hydrogen) atoms.